The minimum absolute atomic E-state index is 0.0495. The summed E-state index contributed by atoms with van der Waals surface area (Å²) in [7, 11) is -2.62. The Labute approximate surface area is 114 Å². The third-order valence-corrected chi connectivity index (χ3v) is 3.39. The number of nitrogens with zero attached hydrogens (tertiary/aromatic N) is 1. The lowest BCUT2D eigenvalue weighted by Crippen LogP contribution is -2.16. The summed E-state index contributed by atoms with van der Waals surface area (Å²) in [5.41, 5.74) is -0.255. The number of hydrogen-bond acceptors (Lipinski definition) is 5. The zero-order valence-corrected chi connectivity index (χ0v) is 11.2. The van der Waals surface area contributed by atoms with Gasteiger partial charge in [0.2, 0.25) is 10.0 Å². The number of anilines is 1. The van der Waals surface area contributed by atoms with Gasteiger partial charge in [0, 0.05) is 6.07 Å². The number of hydrogen-bond donors (Lipinski definition) is 2. The molecule has 1 rings (SSSR count). The van der Waals surface area contributed by atoms with Gasteiger partial charge in [-0.25, -0.2) is 13.2 Å². The minimum Gasteiger partial charge on any atom is -0.496 e. The van der Waals surface area contributed by atoms with Gasteiger partial charge in [0.15, 0.2) is 5.75 Å². The van der Waals surface area contributed by atoms with Crippen LogP contribution in [-0.4, -0.2) is 32.4 Å². The molecule has 0 heterocycles. The van der Waals surface area contributed by atoms with Crippen LogP contribution in [0.2, 0.25) is 5.02 Å². The van der Waals surface area contributed by atoms with E-state index in [9.17, 15) is 13.2 Å². The second kappa shape index (κ2) is 5.77. The summed E-state index contributed by atoms with van der Waals surface area (Å²) in [6.45, 7) is 0. The maximum Gasteiger partial charge on any atom is 0.339 e. The molecule has 0 aromatic heterocycles. The molecule has 0 aliphatic carbocycles. The summed E-state index contributed by atoms with van der Waals surface area (Å²) in [6, 6.07) is 3.69. The Bertz CT molecular complexity index is 651. The van der Waals surface area contributed by atoms with Crippen LogP contribution in [0.4, 0.5) is 5.69 Å². The number of halogens is 1. The molecule has 19 heavy (non-hydrogen) atoms. The minimum atomic E-state index is -3.86. The van der Waals surface area contributed by atoms with Gasteiger partial charge in [-0.1, -0.05) is 11.6 Å². The SMILES string of the molecule is COc1cc(NS(=O)(=O)CC#N)c(Cl)cc1C(=O)O. The van der Waals surface area contributed by atoms with E-state index in [4.69, 9.17) is 26.7 Å². The maximum absolute atomic E-state index is 11.4. The zero-order valence-electron chi connectivity index (χ0n) is 9.68. The van der Waals surface area contributed by atoms with Crippen LogP contribution in [0.3, 0.4) is 0 Å². The van der Waals surface area contributed by atoms with Gasteiger partial charge in [-0.2, -0.15) is 5.26 Å². The van der Waals surface area contributed by atoms with Crippen molar-refractivity contribution in [1.29, 1.82) is 5.26 Å². The fraction of sp³-hybridized carbons (Fsp3) is 0.200. The Morgan fingerprint density at radius 3 is 2.68 bits per heavy atom. The average molecular weight is 305 g/mol. The highest BCUT2D eigenvalue weighted by molar-refractivity contribution is 7.92. The van der Waals surface area contributed by atoms with Crippen molar-refractivity contribution in [2.24, 2.45) is 0 Å². The second-order valence-corrected chi connectivity index (χ2v) is 5.49. The van der Waals surface area contributed by atoms with Gasteiger partial charge in [0.25, 0.3) is 0 Å². The van der Waals surface area contributed by atoms with E-state index in [1.807, 2.05) is 0 Å². The first kappa shape index (κ1) is 15.1. The molecule has 102 valence electrons. The van der Waals surface area contributed by atoms with Crippen LogP contribution in [0, 0.1) is 11.3 Å². The molecule has 0 radical (unpaired) electrons. The van der Waals surface area contributed by atoms with E-state index < -0.39 is 21.7 Å². The van der Waals surface area contributed by atoms with E-state index in [0.29, 0.717) is 0 Å². The molecule has 0 aliphatic rings. The Morgan fingerprint density at radius 2 is 2.21 bits per heavy atom. The van der Waals surface area contributed by atoms with Crippen LogP contribution >= 0.6 is 11.6 Å². The van der Waals surface area contributed by atoms with E-state index >= 15 is 0 Å². The summed E-state index contributed by atoms with van der Waals surface area (Å²) in [5, 5.41) is 17.2. The van der Waals surface area contributed by atoms with Crippen LogP contribution in [-0.2, 0) is 10.0 Å². The standard InChI is InChI=1S/C10H9ClN2O5S/c1-18-9-5-8(13-19(16,17)3-2-12)7(11)4-6(9)10(14)15/h4-5,13H,3H2,1H3,(H,14,15). The van der Waals surface area contributed by atoms with Crippen LogP contribution in [0.1, 0.15) is 10.4 Å². The average Bonchev–Trinajstić information content (AvgIpc) is 2.30. The molecule has 1 aromatic rings. The monoisotopic (exact) mass is 304 g/mol. The number of nitrogens with one attached hydrogen (secondary N) is 1. The number of aromatic carboxylic acids is 1. The molecule has 0 saturated carbocycles. The van der Waals surface area contributed by atoms with Crippen molar-refractivity contribution in [1.82, 2.24) is 0 Å². The van der Waals surface area contributed by atoms with Gasteiger partial charge in [-0.3, -0.25) is 4.72 Å². The number of carboxylic acids is 1. The highest BCUT2D eigenvalue weighted by atomic mass is 35.5. The lowest BCUT2D eigenvalue weighted by Gasteiger charge is -2.11. The maximum atomic E-state index is 11.4. The molecule has 0 unspecified atom stereocenters. The highest BCUT2D eigenvalue weighted by Gasteiger charge is 2.18. The molecule has 0 fully saturated rings. The summed E-state index contributed by atoms with van der Waals surface area (Å²) < 4.78 is 29.8. The molecule has 0 atom stereocenters. The molecule has 9 heteroatoms. The smallest absolute Gasteiger partial charge is 0.339 e. The summed E-state index contributed by atoms with van der Waals surface area (Å²) in [5.74, 6) is -2.05. The molecule has 0 aliphatic heterocycles. The largest absolute Gasteiger partial charge is 0.496 e. The molecule has 0 bridgehead atoms. The van der Waals surface area contributed by atoms with Gasteiger partial charge in [0.05, 0.1) is 23.9 Å². The third-order valence-electron chi connectivity index (χ3n) is 2.04. The first-order valence-electron chi connectivity index (χ1n) is 4.79. The lowest BCUT2D eigenvalue weighted by atomic mass is 10.2. The Balaban J connectivity index is 3.25. The number of methoxy groups -OCH3 is 1. The van der Waals surface area contributed by atoms with E-state index in [0.717, 1.165) is 12.1 Å². The van der Waals surface area contributed by atoms with Gasteiger partial charge in [0.1, 0.15) is 11.3 Å². The molecule has 2 N–H and O–H groups in total. The fourth-order valence-corrected chi connectivity index (χ4v) is 2.27. The quantitative estimate of drug-likeness (QED) is 0.847. The second-order valence-electron chi connectivity index (χ2n) is 3.36. The van der Waals surface area contributed by atoms with Crippen molar-refractivity contribution < 1.29 is 23.1 Å². The molecule has 0 saturated heterocycles. The van der Waals surface area contributed by atoms with Crippen LogP contribution < -0.4 is 9.46 Å². The van der Waals surface area contributed by atoms with Gasteiger partial charge < -0.3 is 9.84 Å². The van der Waals surface area contributed by atoms with E-state index in [1.54, 1.807) is 0 Å². The molecule has 0 spiro atoms. The highest BCUT2D eigenvalue weighted by Crippen LogP contribution is 2.31. The van der Waals surface area contributed by atoms with Crippen molar-refractivity contribution in [2.45, 2.75) is 0 Å². The summed E-state index contributed by atoms with van der Waals surface area (Å²) in [4.78, 5) is 10.9. The topological polar surface area (TPSA) is 116 Å². The molecule has 0 amide bonds. The Hall–Kier alpha value is -1.98. The van der Waals surface area contributed by atoms with Gasteiger partial charge >= 0.3 is 5.97 Å². The zero-order chi connectivity index (χ0) is 14.6. The molecular weight excluding hydrogens is 296 g/mol. The van der Waals surface area contributed by atoms with Gasteiger partial charge in [-0.05, 0) is 6.07 Å². The number of ether oxygens (including phenoxy) is 1. The molecule has 1 aromatic carbocycles. The van der Waals surface area contributed by atoms with Crippen molar-refractivity contribution >= 4 is 33.3 Å². The first-order valence-corrected chi connectivity index (χ1v) is 6.82. The van der Waals surface area contributed by atoms with Crippen molar-refractivity contribution in [3.63, 3.8) is 0 Å². The van der Waals surface area contributed by atoms with Crippen LogP contribution in [0.15, 0.2) is 12.1 Å². The predicted octanol–water partition coefficient (Wildman–Crippen LogP) is 1.31. The molecule has 7 nitrogen and oxygen atoms in total. The summed E-state index contributed by atoms with van der Waals surface area (Å²) in [6.07, 6.45) is 0. The number of nitriles is 1. The summed E-state index contributed by atoms with van der Waals surface area (Å²) >= 11 is 5.78. The van der Waals surface area contributed by atoms with Crippen molar-refractivity contribution in [2.75, 3.05) is 17.6 Å². The van der Waals surface area contributed by atoms with E-state index in [-0.39, 0.29) is 22.0 Å². The number of carboxylic acid groups (broad SMARTS) is 1. The predicted molar refractivity (Wildman–Crippen MR) is 68.0 cm³/mol. The third kappa shape index (κ3) is 3.74. The van der Waals surface area contributed by atoms with Crippen molar-refractivity contribution in [3.8, 4) is 11.8 Å². The fourth-order valence-electron chi connectivity index (χ4n) is 1.26. The normalized spacial score (nSPS) is 10.6. The Morgan fingerprint density at radius 1 is 1.58 bits per heavy atom. The number of benzene rings is 1. The number of sulfonamides is 1. The van der Waals surface area contributed by atoms with Crippen LogP contribution in [0.5, 0.6) is 5.75 Å². The number of rotatable bonds is 5. The van der Waals surface area contributed by atoms with Crippen LogP contribution in [0.25, 0.3) is 0 Å². The lowest BCUT2D eigenvalue weighted by molar-refractivity contribution is 0.0693. The van der Waals surface area contributed by atoms with Crippen molar-refractivity contribution in [3.05, 3.63) is 22.7 Å². The van der Waals surface area contributed by atoms with E-state index in [1.165, 1.54) is 13.2 Å². The van der Waals surface area contributed by atoms with E-state index in [2.05, 4.69) is 4.72 Å². The van der Waals surface area contributed by atoms with Gasteiger partial charge in [-0.15, -0.1) is 0 Å². The number of carbonyl (C=O) groups is 1. The first-order chi connectivity index (χ1) is 8.80. The Kier molecular flexibility index (Phi) is 4.58. The molecular formula is C10H9ClN2O5S.